The number of nitrogens with one attached hydrogen (secondary N) is 1. The number of ketones is 1. The number of esters is 1. The van der Waals surface area contributed by atoms with E-state index in [2.05, 4.69) is 5.32 Å². The van der Waals surface area contributed by atoms with Crippen LogP contribution >= 0.6 is 0 Å². The Morgan fingerprint density at radius 1 is 0.833 bits per heavy atom. The van der Waals surface area contributed by atoms with Crippen molar-refractivity contribution >= 4 is 17.7 Å². The normalized spacial score (nSPS) is 14.1. The first-order valence-electron chi connectivity index (χ1n) is 12.4. The van der Waals surface area contributed by atoms with Gasteiger partial charge in [0.05, 0.1) is 5.92 Å². The van der Waals surface area contributed by atoms with Crippen LogP contribution in [0.25, 0.3) is 0 Å². The van der Waals surface area contributed by atoms with E-state index in [4.69, 9.17) is 4.74 Å². The molecule has 196 valence electrons. The number of hydrogen-bond acceptors (Lipinski definition) is 5. The van der Waals surface area contributed by atoms with Crippen LogP contribution in [0.2, 0.25) is 0 Å². The SMILES string of the molecule is CC(C)(C)CC(C(=O)O)C(C)(C)CNC(C(=O)Oc1ccc(C(=O)c2ccccc2)cc1)C(C)(C)C. The minimum atomic E-state index is -0.836. The van der Waals surface area contributed by atoms with Gasteiger partial charge in [-0.05, 0) is 46.9 Å². The average Bonchev–Trinajstić information content (AvgIpc) is 2.76. The van der Waals surface area contributed by atoms with Gasteiger partial charge in [-0.15, -0.1) is 0 Å². The number of carboxylic acids is 1. The maximum absolute atomic E-state index is 13.2. The molecule has 0 spiro atoms. The standard InChI is InChI=1S/C30H41NO5/c1-28(2,3)18-23(26(33)34)30(7,8)19-31-25(29(4,5)6)27(35)36-22-16-14-21(15-17-22)24(32)20-12-10-9-11-13-20/h9-17,23,25,31H,18-19H2,1-8H3,(H,33,34). The van der Waals surface area contributed by atoms with E-state index < -0.39 is 34.7 Å². The van der Waals surface area contributed by atoms with E-state index in [1.807, 2.05) is 73.6 Å². The van der Waals surface area contributed by atoms with Crippen LogP contribution in [0, 0.1) is 22.2 Å². The second-order valence-electron chi connectivity index (χ2n) is 12.5. The third-order valence-electron chi connectivity index (χ3n) is 6.29. The van der Waals surface area contributed by atoms with E-state index >= 15 is 0 Å². The molecule has 6 heteroatoms. The molecule has 0 heterocycles. The van der Waals surface area contributed by atoms with Crippen LogP contribution in [0.1, 0.15) is 77.7 Å². The monoisotopic (exact) mass is 495 g/mol. The molecule has 6 nitrogen and oxygen atoms in total. The lowest BCUT2D eigenvalue weighted by Gasteiger charge is -2.38. The topological polar surface area (TPSA) is 92.7 Å². The second-order valence-corrected chi connectivity index (χ2v) is 12.5. The lowest BCUT2D eigenvalue weighted by molar-refractivity contribution is -0.147. The zero-order chi connectivity index (χ0) is 27.3. The van der Waals surface area contributed by atoms with Gasteiger partial charge in [-0.25, -0.2) is 4.79 Å². The molecule has 36 heavy (non-hydrogen) atoms. The largest absolute Gasteiger partial charge is 0.481 e. The van der Waals surface area contributed by atoms with Crippen molar-refractivity contribution in [3.63, 3.8) is 0 Å². The maximum Gasteiger partial charge on any atom is 0.329 e. The van der Waals surface area contributed by atoms with Gasteiger partial charge in [0.2, 0.25) is 0 Å². The molecular formula is C30H41NO5. The van der Waals surface area contributed by atoms with Gasteiger partial charge < -0.3 is 15.2 Å². The Balaban J connectivity index is 2.13. The first kappa shape index (κ1) is 29.2. The van der Waals surface area contributed by atoms with Crippen molar-refractivity contribution < 1.29 is 24.2 Å². The van der Waals surface area contributed by atoms with Gasteiger partial charge in [0.1, 0.15) is 11.8 Å². The van der Waals surface area contributed by atoms with Crippen LogP contribution in [0.4, 0.5) is 0 Å². The number of carbonyl (C=O) groups is 3. The molecule has 2 aromatic carbocycles. The van der Waals surface area contributed by atoms with Crippen molar-refractivity contribution in [2.24, 2.45) is 22.2 Å². The third-order valence-corrected chi connectivity index (χ3v) is 6.29. The molecule has 0 saturated heterocycles. The summed E-state index contributed by atoms with van der Waals surface area (Å²) in [6.07, 6.45) is 0.524. The van der Waals surface area contributed by atoms with Crippen molar-refractivity contribution in [1.29, 1.82) is 0 Å². The molecule has 0 aliphatic carbocycles. The molecule has 0 aliphatic rings. The molecule has 2 atom stereocenters. The van der Waals surface area contributed by atoms with Crippen LogP contribution < -0.4 is 10.1 Å². The van der Waals surface area contributed by atoms with Gasteiger partial charge in [-0.2, -0.15) is 0 Å². The van der Waals surface area contributed by atoms with Gasteiger partial charge in [0.15, 0.2) is 5.78 Å². The van der Waals surface area contributed by atoms with Crippen molar-refractivity contribution in [1.82, 2.24) is 5.32 Å². The third kappa shape index (κ3) is 8.30. The fourth-order valence-corrected chi connectivity index (χ4v) is 4.15. The highest BCUT2D eigenvalue weighted by Crippen LogP contribution is 2.37. The number of aliphatic carboxylic acids is 1. The van der Waals surface area contributed by atoms with Crippen LogP contribution in [0.5, 0.6) is 5.75 Å². The molecule has 2 rings (SSSR count). The molecule has 0 saturated carbocycles. The summed E-state index contributed by atoms with van der Waals surface area (Å²) in [6, 6.07) is 14.8. The predicted molar refractivity (Wildman–Crippen MR) is 142 cm³/mol. The number of carboxylic acid groups (broad SMARTS) is 1. The van der Waals surface area contributed by atoms with Crippen LogP contribution in [0.15, 0.2) is 54.6 Å². The van der Waals surface area contributed by atoms with Crippen molar-refractivity contribution in [2.45, 2.75) is 67.9 Å². The lowest BCUT2D eigenvalue weighted by atomic mass is 9.70. The van der Waals surface area contributed by atoms with E-state index in [0.717, 1.165) is 0 Å². The van der Waals surface area contributed by atoms with Gasteiger partial charge >= 0.3 is 11.9 Å². The molecule has 0 amide bonds. The Kier molecular flexibility index (Phi) is 9.24. The molecule has 2 aromatic rings. The average molecular weight is 496 g/mol. The van der Waals surface area contributed by atoms with E-state index in [-0.39, 0.29) is 11.2 Å². The summed E-state index contributed by atoms with van der Waals surface area (Å²) in [5.41, 5.74) is -0.113. The molecule has 0 fully saturated rings. The quantitative estimate of drug-likeness (QED) is 0.239. The summed E-state index contributed by atoms with van der Waals surface area (Å²) >= 11 is 0. The Morgan fingerprint density at radius 2 is 1.36 bits per heavy atom. The Morgan fingerprint density at radius 3 is 1.83 bits per heavy atom. The van der Waals surface area contributed by atoms with E-state index in [9.17, 15) is 19.5 Å². The summed E-state index contributed by atoms with van der Waals surface area (Å²) in [6.45, 7) is 16.1. The first-order valence-corrected chi connectivity index (χ1v) is 12.4. The highest BCUT2D eigenvalue weighted by atomic mass is 16.5. The van der Waals surface area contributed by atoms with Crippen molar-refractivity contribution in [2.75, 3.05) is 6.54 Å². The van der Waals surface area contributed by atoms with Gasteiger partial charge in [-0.1, -0.05) is 85.7 Å². The van der Waals surface area contributed by atoms with E-state index in [1.54, 1.807) is 36.4 Å². The Hall–Kier alpha value is -2.99. The fraction of sp³-hybridized carbons (Fsp3) is 0.500. The zero-order valence-corrected chi connectivity index (χ0v) is 22.8. The highest BCUT2D eigenvalue weighted by Gasteiger charge is 2.40. The van der Waals surface area contributed by atoms with Crippen LogP contribution in [-0.2, 0) is 9.59 Å². The number of ether oxygens (including phenoxy) is 1. The van der Waals surface area contributed by atoms with Gasteiger partial charge in [0, 0.05) is 17.7 Å². The molecular weight excluding hydrogens is 454 g/mol. The van der Waals surface area contributed by atoms with Gasteiger partial charge in [0.25, 0.3) is 0 Å². The molecule has 2 N–H and O–H groups in total. The number of benzene rings is 2. The molecule has 0 aliphatic heterocycles. The molecule has 0 bridgehead atoms. The molecule has 0 aromatic heterocycles. The predicted octanol–water partition coefficient (Wildman–Crippen LogP) is 5.99. The highest BCUT2D eigenvalue weighted by molar-refractivity contribution is 6.09. The number of carbonyl (C=O) groups excluding carboxylic acids is 2. The summed E-state index contributed by atoms with van der Waals surface area (Å²) in [7, 11) is 0. The smallest absolute Gasteiger partial charge is 0.329 e. The molecule has 0 radical (unpaired) electrons. The van der Waals surface area contributed by atoms with E-state index in [0.29, 0.717) is 29.8 Å². The summed E-state index contributed by atoms with van der Waals surface area (Å²) in [5.74, 6) is -1.62. The second kappa shape index (κ2) is 11.4. The minimum Gasteiger partial charge on any atom is -0.481 e. The Labute approximate surface area is 215 Å². The Bertz CT molecular complexity index is 1040. The summed E-state index contributed by atoms with van der Waals surface area (Å²) in [5, 5.41) is 13.2. The summed E-state index contributed by atoms with van der Waals surface area (Å²) in [4.78, 5) is 37.9. The first-order chi connectivity index (χ1) is 16.5. The van der Waals surface area contributed by atoms with Crippen molar-refractivity contribution in [3.8, 4) is 5.75 Å². The lowest BCUT2D eigenvalue weighted by Crippen LogP contribution is -2.52. The zero-order valence-electron chi connectivity index (χ0n) is 22.8. The van der Waals surface area contributed by atoms with Crippen LogP contribution in [-0.4, -0.2) is 35.4 Å². The van der Waals surface area contributed by atoms with Crippen LogP contribution in [0.3, 0.4) is 0 Å². The summed E-state index contributed by atoms with van der Waals surface area (Å²) < 4.78 is 5.67. The van der Waals surface area contributed by atoms with Gasteiger partial charge in [-0.3, -0.25) is 9.59 Å². The maximum atomic E-state index is 13.2. The minimum absolute atomic E-state index is 0.104. The molecule has 2 unspecified atom stereocenters. The number of hydrogen-bond donors (Lipinski definition) is 2. The number of rotatable bonds is 10. The van der Waals surface area contributed by atoms with Crippen molar-refractivity contribution in [3.05, 3.63) is 65.7 Å². The van der Waals surface area contributed by atoms with E-state index in [1.165, 1.54) is 0 Å². The fourth-order valence-electron chi connectivity index (χ4n) is 4.15.